The molecule has 1 fully saturated rings. The second-order valence-corrected chi connectivity index (χ2v) is 11.8. The maximum atomic E-state index is 14.9. The molecule has 1 unspecified atom stereocenters. The van der Waals surface area contributed by atoms with Crippen molar-refractivity contribution < 1.29 is 17.6 Å². The van der Waals surface area contributed by atoms with Gasteiger partial charge < -0.3 is 11.1 Å². The van der Waals surface area contributed by atoms with Gasteiger partial charge in [-0.1, -0.05) is 12.8 Å². The van der Waals surface area contributed by atoms with Crippen LogP contribution in [0.15, 0.2) is 41.0 Å². The van der Waals surface area contributed by atoms with E-state index in [2.05, 4.69) is 15.3 Å². The summed E-state index contributed by atoms with van der Waals surface area (Å²) in [5.74, 6) is -1.35. The summed E-state index contributed by atoms with van der Waals surface area (Å²) in [6, 6.07) is 4.03. The number of nitrogens with zero attached hydrogens (tertiary/aromatic N) is 3. The molecule has 1 aromatic carbocycles. The summed E-state index contributed by atoms with van der Waals surface area (Å²) in [6.07, 6.45) is 5.83. The van der Waals surface area contributed by atoms with Crippen LogP contribution in [0.3, 0.4) is 0 Å². The number of amidine groups is 1. The van der Waals surface area contributed by atoms with Gasteiger partial charge >= 0.3 is 0 Å². The Bertz CT molecular complexity index is 1340. The molecular weight excluding hydrogens is 453 g/mol. The zero-order valence-electron chi connectivity index (χ0n) is 17.3. The molecular formula is C21H22FN5O3S2. The highest BCUT2D eigenvalue weighted by Crippen LogP contribution is 2.45. The summed E-state index contributed by atoms with van der Waals surface area (Å²) in [7, 11) is -3.65. The molecule has 0 saturated heterocycles. The number of aliphatic imine (C=N–C) groups is 1. The van der Waals surface area contributed by atoms with Gasteiger partial charge in [0.1, 0.15) is 27.6 Å². The molecule has 32 heavy (non-hydrogen) atoms. The van der Waals surface area contributed by atoms with Crippen LogP contribution < -0.4 is 11.1 Å². The number of sulfone groups is 1. The Labute approximate surface area is 188 Å². The van der Waals surface area contributed by atoms with Crippen LogP contribution in [-0.4, -0.2) is 40.0 Å². The van der Waals surface area contributed by atoms with E-state index in [9.17, 15) is 17.6 Å². The number of rotatable bonds is 3. The van der Waals surface area contributed by atoms with Crippen LogP contribution in [0, 0.1) is 5.82 Å². The monoisotopic (exact) mass is 475 g/mol. The van der Waals surface area contributed by atoms with Crippen LogP contribution in [0.25, 0.3) is 4.96 Å². The second kappa shape index (κ2) is 7.11. The van der Waals surface area contributed by atoms with Gasteiger partial charge in [0.15, 0.2) is 14.8 Å². The highest BCUT2D eigenvalue weighted by atomic mass is 32.2. The molecule has 1 aliphatic carbocycles. The Hall–Kier alpha value is -2.79. The molecule has 2 aromatic heterocycles. The van der Waals surface area contributed by atoms with E-state index in [4.69, 9.17) is 5.73 Å². The third kappa shape index (κ3) is 3.14. The largest absolute Gasteiger partial charge is 0.386 e. The highest BCUT2D eigenvalue weighted by molar-refractivity contribution is 7.93. The standard InChI is InChI=1S/C21H22FN5O3S2/c1-20(12-32(29,30)21(18(23)26-20)6-2-3-7-21)14-10-13(4-5-15(14)22)24-17(28)16-11-27-8-9-31-19(27)25-16/h4-5,8-11H,2-3,6-7,12H2,1H3,(H2,23,26)(H,24,28). The molecule has 11 heteroatoms. The number of anilines is 1. The number of carbonyl (C=O) groups is 1. The zero-order chi connectivity index (χ0) is 22.7. The van der Waals surface area contributed by atoms with E-state index in [1.165, 1.54) is 29.5 Å². The summed E-state index contributed by atoms with van der Waals surface area (Å²) >= 11 is 1.40. The smallest absolute Gasteiger partial charge is 0.275 e. The number of halogens is 1. The van der Waals surface area contributed by atoms with Gasteiger partial charge in [-0.2, -0.15) is 0 Å². The number of imidazole rings is 1. The zero-order valence-corrected chi connectivity index (χ0v) is 19.0. The van der Waals surface area contributed by atoms with Crippen molar-refractivity contribution in [1.82, 2.24) is 9.38 Å². The number of nitrogens with one attached hydrogen (secondary N) is 1. The molecule has 3 aromatic rings. The molecule has 0 radical (unpaired) electrons. The summed E-state index contributed by atoms with van der Waals surface area (Å²) in [4.78, 5) is 22.1. The predicted molar refractivity (Wildman–Crippen MR) is 121 cm³/mol. The lowest BCUT2D eigenvalue weighted by Crippen LogP contribution is -2.56. The van der Waals surface area contributed by atoms with Crippen LogP contribution in [0.1, 0.15) is 48.7 Å². The summed E-state index contributed by atoms with van der Waals surface area (Å²) in [5, 5.41) is 4.57. The molecule has 0 bridgehead atoms. The number of nitrogens with two attached hydrogens (primary N) is 1. The Balaban J connectivity index is 1.49. The first-order valence-electron chi connectivity index (χ1n) is 10.3. The third-order valence-electron chi connectivity index (χ3n) is 6.44. The van der Waals surface area contributed by atoms with Gasteiger partial charge in [0, 0.05) is 29.0 Å². The molecule has 8 nitrogen and oxygen atoms in total. The van der Waals surface area contributed by atoms with Crippen molar-refractivity contribution in [2.24, 2.45) is 10.7 Å². The van der Waals surface area contributed by atoms with Crippen molar-refractivity contribution in [3.05, 3.63) is 53.0 Å². The number of amides is 1. The van der Waals surface area contributed by atoms with Gasteiger partial charge in [0.25, 0.3) is 5.91 Å². The van der Waals surface area contributed by atoms with E-state index in [0.717, 1.165) is 12.8 Å². The molecule has 168 valence electrons. The topological polar surface area (TPSA) is 119 Å². The first kappa shape index (κ1) is 21.1. The molecule has 1 atom stereocenters. The average molecular weight is 476 g/mol. The summed E-state index contributed by atoms with van der Waals surface area (Å²) < 4.78 is 42.0. The Morgan fingerprint density at radius 2 is 2.06 bits per heavy atom. The van der Waals surface area contributed by atoms with E-state index >= 15 is 0 Å². The second-order valence-electron chi connectivity index (χ2n) is 8.60. The lowest BCUT2D eigenvalue weighted by atomic mass is 9.92. The predicted octanol–water partition coefficient (Wildman–Crippen LogP) is 3.10. The van der Waals surface area contributed by atoms with Crippen molar-refractivity contribution in [2.45, 2.75) is 42.9 Å². The van der Waals surface area contributed by atoms with Crippen LogP contribution in [0.4, 0.5) is 10.1 Å². The quantitative estimate of drug-likeness (QED) is 0.603. The number of aromatic nitrogens is 2. The van der Waals surface area contributed by atoms with Crippen molar-refractivity contribution in [3.8, 4) is 0 Å². The third-order valence-corrected chi connectivity index (χ3v) is 9.96. The number of hydrogen-bond acceptors (Lipinski definition) is 7. The van der Waals surface area contributed by atoms with Gasteiger partial charge in [-0.3, -0.25) is 14.2 Å². The van der Waals surface area contributed by atoms with Crippen LogP contribution in [-0.2, 0) is 15.4 Å². The number of thiazole rings is 1. The van der Waals surface area contributed by atoms with Crippen LogP contribution in [0.5, 0.6) is 0 Å². The average Bonchev–Trinajstić information content (AvgIpc) is 3.44. The fourth-order valence-corrected chi connectivity index (χ4v) is 7.98. The molecule has 1 saturated carbocycles. The van der Waals surface area contributed by atoms with Gasteiger partial charge in [-0.15, -0.1) is 11.3 Å². The SMILES string of the molecule is CC1(c2cc(NC(=O)c3cn4ccsc4n3)ccc2F)CS(=O)(=O)C2(CCCC2)C(N)=N1. The molecule has 1 aliphatic heterocycles. The Kier molecular flexibility index (Phi) is 4.68. The number of carbonyl (C=O) groups excluding carboxylic acids is 1. The lowest BCUT2D eigenvalue weighted by molar-refractivity contribution is 0.102. The number of hydrogen-bond donors (Lipinski definition) is 2. The molecule has 1 amide bonds. The lowest BCUT2D eigenvalue weighted by Gasteiger charge is -2.39. The highest BCUT2D eigenvalue weighted by Gasteiger charge is 2.56. The maximum Gasteiger partial charge on any atom is 0.275 e. The minimum Gasteiger partial charge on any atom is -0.386 e. The molecule has 2 aliphatic rings. The van der Waals surface area contributed by atoms with Crippen molar-refractivity contribution in [3.63, 3.8) is 0 Å². The van der Waals surface area contributed by atoms with Crippen molar-refractivity contribution in [1.29, 1.82) is 0 Å². The summed E-state index contributed by atoms with van der Waals surface area (Å²) in [5.41, 5.74) is 5.42. The fourth-order valence-electron chi connectivity index (χ4n) is 4.77. The maximum absolute atomic E-state index is 14.9. The van der Waals surface area contributed by atoms with Crippen molar-refractivity contribution >= 4 is 43.6 Å². The van der Waals surface area contributed by atoms with E-state index in [-0.39, 0.29) is 22.8 Å². The van der Waals surface area contributed by atoms with E-state index in [1.54, 1.807) is 23.7 Å². The normalized spacial score (nSPS) is 24.0. The molecule has 3 N–H and O–H groups in total. The first-order chi connectivity index (χ1) is 15.1. The van der Waals surface area contributed by atoms with Gasteiger partial charge in [0.2, 0.25) is 0 Å². The van der Waals surface area contributed by atoms with E-state index in [1.807, 2.05) is 5.38 Å². The fraction of sp³-hybridized carbons (Fsp3) is 0.381. The Morgan fingerprint density at radius 1 is 1.31 bits per heavy atom. The van der Waals surface area contributed by atoms with E-state index in [0.29, 0.717) is 23.5 Å². The molecule has 1 spiro atoms. The van der Waals surface area contributed by atoms with Crippen molar-refractivity contribution in [2.75, 3.05) is 11.1 Å². The molecule has 5 rings (SSSR count). The molecule has 3 heterocycles. The summed E-state index contributed by atoms with van der Waals surface area (Å²) in [6.45, 7) is 1.56. The Morgan fingerprint density at radius 3 is 2.75 bits per heavy atom. The van der Waals surface area contributed by atoms with E-state index < -0.39 is 31.8 Å². The van der Waals surface area contributed by atoms with Gasteiger partial charge in [-0.05, 0) is 38.0 Å². The number of benzene rings is 1. The minimum absolute atomic E-state index is 0.0515. The van der Waals surface area contributed by atoms with Gasteiger partial charge in [-0.25, -0.2) is 17.8 Å². The number of fused-ring (bicyclic) bond motifs is 1. The minimum atomic E-state index is -3.65. The van der Waals surface area contributed by atoms with Crippen LogP contribution in [0.2, 0.25) is 0 Å². The first-order valence-corrected chi connectivity index (χ1v) is 12.8. The van der Waals surface area contributed by atoms with Crippen LogP contribution >= 0.6 is 11.3 Å². The van der Waals surface area contributed by atoms with Gasteiger partial charge in [0.05, 0.1) is 5.75 Å².